The zero-order chi connectivity index (χ0) is 24.9. The monoisotopic (exact) mass is 480 g/mol. The summed E-state index contributed by atoms with van der Waals surface area (Å²) >= 11 is 0. The van der Waals surface area contributed by atoms with E-state index < -0.39 is 0 Å². The third kappa shape index (κ3) is 5.05. The van der Waals surface area contributed by atoms with Crippen molar-refractivity contribution in [1.29, 1.82) is 0 Å². The summed E-state index contributed by atoms with van der Waals surface area (Å²) in [7, 11) is 1.64. The first-order valence-electron chi connectivity index (χ1n) is 12.1. The quantitative estimate of drug-likeness (QED) is 0.413. The summed E-state index contributed by atoms with van der Waals surface area (Å²) in [6, 6.07) is 21.2. The number of hydrogen-bond acceptors (Lipinski definition) is 5. The first-order chi connectivity index (χ1) is 17.6. The number of carbonyl (C=O) groups excluding carboxylic acids is 2. The van der Waals surface area contributed by atoms with Crippen molar-refractivity contribution in [3.63, 3.8) is 0 Å². The van der Waals surface area contributed by atoms with Crippen molar-refractivity contribution in [3.8, 4) is 17.0 Å². The number of nitrogens with zero attached hydrogens (tertiary/aromatic N) is 4. The van der Waals surface area contributed by atoms with Crippen LogP contribution in [0.3, 0.4) is 0 Å². The van der Waals surface area contributed by atoms with Crippen LogP contribution in [-0.2, 0) is 11.2 Å². The minimum atomic E-state index is -0.0331. The number of fused-ring (bicyclic) bond motifs is 1. The van der Waals surface area contributed by atoms with Crippen LogP contribution in [0.2, 0.25) is 0 Å². The number of methoxy groups -OCH3 is 1. The highest BCUT2D eigenvalue weighted by Crippen LogP contribution is 2.26. The van der Waals surface area contributed by atoms with Gasteiger partial charge >= 0.3 is 0 Å². The van der Waals surface area contributed by atoms with Crippen molar-refractivity contribution in [2.45, 2.75) is 12.8 Å². The van der Waals surface area contributed by atoms with E-state index in [1.807, 2.05) is 76.5 Å². The number of pyridine rings is 2. The highest BCUT2D eigenvalue weighted by atomic mass is 16.5. The third-order valence-electron chi connectivity index (χ3n) is 6.63. The molecular formula is C29H28N4O3. The molecule has 0 radical (unpaired) electrons. The molecule has 2 amide bonds. The molecule has 7 heteroatoms. The molecule has 0 aliphatic carbocycles. The van der Waals surface area contributed by atoms with Gasteiger partial charge in [-0.15, -0.1) is 0 Å². The predicted molar refractivity (Wildman–Crippen MR) is 139 cm³/mol. The topological polar surface area (TPSA) is 75.6 Å². The molecule has 0 unspecified atom stereocenters. The number of piperazine rings is 1. The van der Waals surface area contributed by atoms with Crippen LogP contribution in [0.1, 0.15) is 22.3 Å². The standard InChI is InChI=1S/C29H28N4O3/c1-36-23-9-6-21(7-10-23)8-11-28(34)32-16-18-33(19-17-32)29(35)25-20-27(22-12-14-30-15-13-22)31-26-5-3-2-4-24(25)26/h2-7,9-10,12-15,20H,8,11,16-19H2,1H3. The Labute approximate surface area is 210 Å². The van der Waals surface area contributed by atoms with Crippen molar-refractivity contribution in [3.05, 3.63) is 90.3 Å². The molecule has 0 atom stereocenters. The van der Waals surface area contributed by atoms with E-state index in [1.165, 1.54) is 0 Å². The predicted octanol–water partition coefficient (Wildman–Crippen LogP) is 4.22. The van der Waals surface area contributed by atoms with Gasteiger partial charge in [0.1, 0.15) is 5.75 Å². The van der Waals surface area contributed by atoms with Gasteiger partial charge in [0.25, 0.3) is 5.91 Å². The molecule has 0 spiro atoms. The van der Waals surface area contributed by atoms with E-state index in [0.29, 0.717) is 44.6 Å². The van der Waals surface area contributed by atoms with Crippen LogP contribution in [-0.4, -0.2) is 64.9 Å². The summed E-state index contributed by atoms with van der Waals surface area (Å²) in [5, 5.41) is 0.832. The fourth-order valence-electron chi connectivity index (χ4n) is 4.55. The second-order valence-corrected chi connectivity index (χ2v) is 8.83. The third-order valence-corrected chi connectivity index (χ3v) is 6.63. The average Bonchev–Trinajstić information content (AvgIpc) is 2.95. The van der Waals surface area contributed by atoms with Gasteiger partial charge in [-0.25, -0.2) is 4.98 Å². The largest absolute Gasteiger partial charge is 0.497 e. The summed E-state index contributed by atoms with van der Waals surface area (Å²) in [6.45, 7) is 2.09. The smallest absolute Gasteiger partial charge is 0.254 e. The Balaban J connectivity index is 1.26. The van der Waals surface area contributed by atoms with Crippen LogP contribution in [0.5, 0.6) is 5.75 Å². The second kappa shape index (κ2) is 10.6. The molecule has 0 N–H and O–H groups in total. The Kier molecular flexibility index (Phi) is 6.89. The molecule has 5 rings (SSSR count). The summed E-state index contributed by atoms with van der Waals surface area (Å²) in [6.07, 6.45) is 4.57. The normalized spacial score (nSPS) is 13.6. The number of ether oxygens (including phenoxy) is 1. The van der Waals surface area contributed by atoms with E-state index in [-0.39, 0.29) is 11.8 Å². The lowest BCUT2D eigenvalue weighted by atomic mass is 10.0. The minimum Gasteiger partial charge on any atom is -0.497 e. The highest BCUT2D eigenvalue weighted by molar-refractivity contribution is 6.07. The second-order valence-electron chi connectivity index (χ2n) is 8.83. The molecule has 3 heterocycles. The number of rotatable bonds is 6. The van der Waals surface area contributed by atoms with Crippen molar-refractivity contribution >= 4 is 22.7 Å². The number of hydrogen-bond donors (Lipinski definition) is 0. The Morgan fingerprint density at radius 1 is 0.889 bits per heavy atom. The van der Waals surface area contributed by atoms with Gasteiger partial charge in [-0.2, -0.15) is 0 Å². The zero-order valence-electron chi connectivity index (χ0n) is 20.3. The van der Waals surface area contributed by atoms with Gasteiger partial charge in [-0.3, -0.25) is 14.6 Å². The lowest BCUT2D eigenvalue weighted by Crippen LogP contribution is -2.50. The average molecular weight is 481 g/mol. The lowest BCUT2D eigenvalue weighted by molar-refractivity contribution is -0.132. The van der Waals surface area contributed by atoms with Gasteiger partial charge in [0.2, 0.25) is 5.91 Å². The highest BCUT2D eigenvalue weighted by Gasteiger charge is 2.26. The first kappa shape index (κ1) is 23.5. The van der Waals surface area contributed by atoms with Gasteiger partial charge in [0.15, 0.2) is 0 Å². The van der Waals surface area contributed by atoms with Gasteiger partial charge in [-0.05, 0) is 48.4 Å². The van der Waals surface area contributed by atoms with E-state index in [1.54, 1.807) is 19.5 Å². The molecule has 2 aromatic carbocycles. The molecule has 36 heavy (non-hydrogen) atoms. The molecule has 1 aliphatic heterocycles. The summed E-state index contributed by atoms with van der Waals surface area (Å²) in [4.78, 5) is 39.0. The number of benzene rings is 2. The molecule has 1 saturated heterocycles. The van der Waals surface area contributed by atoms with E-state index in [2.05, 4.69) is 4.98 Å². The Hall–Kier alpha value is -4.26. The van der Waals surface area contributed by atoms with Crippen LogP contribution in [0.15, 0.2) is 79.1 Å². The molecule has 1 fully saturated rings. The van der Waals surface area contributed by atoms with Crippen LogP contribution in [0.25, 0.3) is 22.2 Å². The van der Waals surface area contributed by atoms with E-state index >= 15 is 0 Å². The van der Waals surface area contributed by atoms with Crippen LogP contribution < -0.4 is 4.74 Å². The molecule has 1 aliphatic rings. The van der Waals surface area contributed by atoms with Gasteiger partial charge in [0.05, 0.1) is 23.9 Å². The number of para-hydroxylation sites is 1. The minimum absolute atomic E-state index is 0.0331. The SMILES string of the molecule is COc1ccc(CCC(=O)N2CCN(C(=O)c3cc(-c4ccncc4)nc4ccccc34)CC2)cc1. The molecule has 0 bridgehead atoms. The number of carbonyl (C=O) groups is 2. The molecule has 4 aromatic rings. The number of amides is 2. The van der Waals surface area contributed by atoms with E-state index in [0.717, 1.165) is 33.5 Å². The van der Waals surface area contributed by atoms with Crippen molar-refractivity contribution < 1.29 is 14.3 Å². The Morgan fingerprint density at radius 3 is 2.31 bits per heavy atom. The van der Waals surface area contributed by atoms with Gasteiger partial charge in [-0.1, -0.05) is 30.3 Å². The number of aromatic nitrogens is 2. The van der Waals surface area contributed by atoms with E-state index in [4.69, 9.17) is 9.72 Å². The lowest BCUT2D eigenvalue weighted by Gasteiger charge is -2.35. The van der Waals surface area contributed by atoms with Crippen molar-refractivity contribution in [2.75, 3.05) is 33.3 Å². The van der Waals surface area contributed by atoms with Crippen molar-refractivity contribution in [2.24, 2.45) is 0 Å². The molecule has 2 aromatic heterocycles. The number of aryl methyl sites for hydroxylation is 1. The maximum absolute atomic E-state index is 13.6. The fourth-order valence-corrected chi connectivity index (χ4v) is 4.55. The zero-order valence-corrected chi connectivity index (χ0v) is 20.3. The molecule has 0 saturated carbocycles. The van der Waals surface area contributed by atoms with Crippen LogP contribution in [0, 0.1) is 0 Å². The maximum atomic E-state index is 13.6. The Morgan fingerprint density at radius 2 is 1.58 bits per heavy atom. The van der Waals surface area contributed by atoms with Gasteiger partial charge in [0, 0.05) is 55.9 Å². The van der Waals surface area contributed by atoms with E-state index in [9.17, 15) is 9.59 Å². The van der Waals surface area contributed by atoms with Crippen LogP contribution >= 0.6 is 0 Å². The maximum Gasteiger partial charge on any atom is 0.254 e. The summed E-state index contributed by atoms with van der Waals surface area (Å²) in [5.74, 6) is 0.891. The molecular weight excluding hydrogens is 452 g/mol. The molecule has 182 valence electrons. The fraction of sp³-hybridized carbons (Fsp3) is 0.241. The van der Waals surface area contributed by atoms with Crippen molar-refractivity contribution in [1.82, 2.24) is 19.8 Å². The Bertz CT molecular complexity index is 1360. The summed E-state index contributed by atoms with van der Waals surface area (Å²) < 4.78 is 5.19. The van der Waals surface area contributed by atoms with Gasteiger partial charge < -0.3 is 14.5 Å². The molecule has 7 nitrogen and oxygen atoms in total. The van der Waals surface area contributed by atoms with Crippen LogP contribution in [0.4, 0.5) is 0 Å². The first-order valence-corrected chi connectivity index (χ1v) is 12.1. The summed E-state index contributed by atoms with van der Waals surface area (Å²) in [5.41, 5.74) is 4.17.